The van der Waals surface area contributed by atoms with Gasteiger partial charge < -0.3 is 15.1 Å². The number of rotatable bonds is 1. The number of carbonyl (C=O) groups is 1. The quantitative estimate of drug-likeness (QED) is 0.660. The zero-order valence-electron chi connectivity index (χ0n) is 8.00. The van der Waals surface area contributed by atoms with Crippen molar-refractivity contribution < 1.29 is 9.90 Å². The summed E-state index contributed by atoms with van der Waals surface area (Å²) in [7, 11) is 0. The van der Waals surface area contributed by atoms with Crippen molar-refractivity contribution in [1.82, 2.24) is 9.97 Å². The summed E-state index contributed by atoms with van der Waals surface area (Å²) in [5, 5.41) is 8.89. The maximum atomic E-state index is 10.8. The van der Waals surface area contributed by atoms with Crippen LogP contribution in [0.25, 0.3) is 11.3 Å². The van der Waals surface area contributed by atoms with Crippen molar-refractivity contribution in [2.45, 2.75) is 12.8 Å². The molecule has 0 atom stereocenters. The van der Waals surface area contributed by atoms with E-state index < -0.39 is 5.97 Å². The average Bonchev–Trinajstić information content (AvgIpc) is 2.82. The molecule has 1 aliphatic rings. The minimum atomic E-state index is -0.901. The highest BCUT2D eigenvalue weighted by molar-refractivity contribution is 5.88. The van der Waals surface area contributed by atoms with Gasteiger partial charge >= 0.3 is 5.97 Å². The van der Waals surface area contributed by atoms with Crippen LogP contribution >= 0.6 is 0 Å². The Morgan fingerprint density at radius 1 is 1.40 bits per heavy atom. The predicted octanol–water partition coefficient (Wildman–Crippen LogP) is 1.81. The summed E-state index contributed by atoms with van der Waals surface area (Å²) in [5.74, 6) is -0.901. The van der Waals surface area contributed by atoms with Gasteiger partial charge in [0.15, 0.2) is 0 Å². The van der Waals surface area contributed by atoms with E-state index in [0.29, 0.717) is 0 Å². The molecule has 0 unspecified atom stereocenters. The first-order valence-corrected chi connectivity index (χ1v) is 4.87. The van der Waals surface area contributed by atoms with Gasteiger partial charge in [-0.2, -0.15) is 0 Å². The number of aryl methyl sites for hydroxylation is 2. The molecule has 2 aromatic heterocycles. The van der Waals surface area contributed by atoms with E-state index in [4.69, 9.17) is 5.11 Å². The summed E-state index contributed by atoms with van der Waals surface area (Å²) in [6.45, 7) is 0. The molecule has 1 aliphatic carbocycles. The number of aromatic carboxylic acids is 1. The Bertz CT molecular complexity index is 537. The molecule has 4 nitrogen and oxygen atoms in total. The summed E-state index contributed by atoms with van der Waals surface area (Å²) < 4.78 is 0. The number of nitrogens with one attached hydrogen (secondary N) is 2. The number of aromatic nitrogens is 2. The summed E-state index contributed by atoms with van der Waals surface area (Å²) in [6.07, 6.45) is 3.74. The van der Waals surface area contributed by atoms with E-state index in [1.807, 2.05) is 12.3 Å². The van der Waals surface area contributed by atoms with Gasteiger partial charge in [-0.05, 0) is 30.5 Å². The number of carboxylic acids is 1. The molecule has 0 spiro atoms. The lowest BCUT2D eigenvalue weighted by Gasteiger charge is -2.11. The van der Waals surface area contributed by atoms with Crippen molar-refractivity contribution in [3.05, 3.63) is 35.3 Å². The Balaban J connectivity index is 2.20. The molecular weight excluding hydrogens is 192 g/mol. The van der Waals surface area contributed by atoms with Crippen LogP contribution in [0.1, 0.15) is 21.7 Å². The van der Waals surface area contributed by atoms with Crippen molar-refractivity contribution in [2.24, 2.45) is 0 Å². The van der Waals surface area contributed by atoms with Crippen molar-refractivity contribution in [3.63, 3.8) is 0 Å². The maximum Gasteiger partial charge on any atom is 0.352 e. The van der Waals surface area contributed by atoms with Gasteiger partial charge in [0.1, 0.15) is 5.69 Å². The van der Waals surface area contributed by atoms with E-state index in [1.54, 1.807) is 6.07 Å². The first-order valence-electron chi connectivity index (χ1n) is 4.87. The Labute approximate surface area is 86.0 Å². The van der Waals surface area contributed by atoms with Crippen molar-refractivity contribution >= 4 is 5.97 Å². The van der Waals surface area contributed by atoms with E-state index in [0.717, 1.165) is 29.7 Å². The molecule has 0 aliphatic heterocycles. The second-order valence-electron chi connectivity index (χ2n) is 3.76. The van der Waals surface area contributed by atoms with Crippen LogP contribution in [0.15, 0.2) is 18.3 Å². The lowest BCUT2D eigenvalue weighted by atomic mass is 9.96. The summed E-state index contributed by atoms with van der Waals surface area (Å²) in [4.78, 5) is 17.0. The molecule has 0 fully saturated rings. The molecule has 0 radical (unpaired) electrons. The van der Waals surface area contributed by atoms with Crippen molar-refractivity contribution in [2.75, 3.05) is 0 Å². The van der Waals surface area contributed by atoms with Crippen molar-refractivity contribution in [3.8, 4) is 11.3 Å². The normalized spacial score (nSPS) is 13.3. The molecule has 15 heavy (non-hydrogen) atoms. The zero-order chi connectivity index (χ0) is 10.4. The third-order valence-corrected chi connectivity index (χ3v) is 2.88. The van der Waals surface area contributed by atoms with E-state index >= 15 is 0 Å². The van der Waals surface area contributed by atoms with Gasteiger partial charge in [-0.15, -0.1) is 0 Å². The van der Waals surface area contributed by atoms with E-state index in [-0.39, 0.29) is 5.69 Å². The molecular formula is C11H10N2O2. The summed E-state index contributed by atoms with van der Waals surface area (Å²) in [5.41, 5.74) is 4.61. The topological polar surface area (TPSA) is 68.9 Å². The molecule has 0 saturated carbocycles. The molecule has 0 aromatic carbocycles. The van der Waals surface area contributed by atoms with Crippen LogP contribution in [-0.4, -0.2) is 21.0 Å². The molecule has 0 amide bonds. The Morgan fingerprint density at radius 3 is 3.07 bits per heavy atom. The third-order valence-electron chi connectivity index (χ3n) is 2.88. The zero-order valence-corrected chi connectivity index (χ0v) is 8.00. The van der Waals surface area contributed by atoms with E-state index in [9.17, 15) is 4.79 Å². The maximum absolute atomic E-state index is 10.8. The fourth-order valence-corrected chi connectivity index (χ4v) is 2.15. The molecule has 76 valence electrons. The smallest absolute Gasteiger partial charge is 0.352 e. The number of fused-ring (bicyclic) bond motifs is 3. The lowest BCUT2D eigenvalue weighted by Crippen LogP contribution is -2.00. The number of H-pyrrole nitrogens is 2. The second kappa shape index (κ2) is 2.76. The second-order valence-corrected chi connectivity index (χ2v) is 3.76. The lowest BCUT2D eigenvalue weighted by molar-refractivity contribution is 0.0691. The molecule has 0 saturated heterocycles. The molecule has 2 aromatic rings. The standard InChI is InChI=1S/C11H10N2O2/c14-11(15)9-5-6-1-2-8-7(3-4-12-8)10(6)13-9/h3-5,12-13H,1-2H2,(H,14,15). The number of carboxylic acid groups (broad SMARTS) is 1. The number of hydrogen-bond donors (Lipinski definition) is 3. The van der Waals surface area contributed by atoms with Crippen LogP contribution in [-0.2, 0) is 12.8 Å². The van der Waals surface area contributed by atoms with Gasteiger partial charge in [0, 0.05) is 17.5 Å². The van der Waals surface area contributed by atoms with Crippen LogP contribution in [0.2, 0.25) is 0 Å². The molecule has 3 N–H and O–H groups in total. The molecule has 3 rings (SSSR count). The first kappa shape index (κ1) is 8.35. The van der Waals surface area contributed by atoms with Gasteiger partial charge in [0.25, 0.3) is 0 Å². The highest BCUT2D eigenvalue weighted by atomic mass is 16.4. The Hall–Kier alpha value is -1.97. The van der Waals surface area contributed by atoms with E-state index in [2.05, 4.69) is 9.97 Å². The number of aromatic amines is 2. The van der Waals surface area contributed by atoms with Crippen LogP contribution < -0.4 is 0 Å². The monoisotopic (exact) mass is 202 g/mol. The minimum absolute atomic E-state index is 0.272. The largest absolute Gasteiger partial charge is 0.477 e. The highest BCUT2D eigenvalue weighted by Gasteiger charge is 2.20. The van der Waals surface area contributed by atoms with Crippen LogP contribution in [0.5, 0.6) is 0 Å². The van der Waals surface area contributed by atoms with Gasteiger partial charge in [-0.1, -0.05) is 0 Å². The third kappa shape index (κ3) is 1.11. The summed E-state index contributed by atoms with van der Waals surface area (Å²) >= 11 is 0. The van der Waals surface area contributed by atoms with Gasteiger partial charge in [-0.25, -0.2) is 4.79 Å². The van der Waals surface area contributed by atoms with Crippen molar-refractivity contribution in [1.29, 1.82) is 0 Å². The van der Waals surface area contributed by atoms with Gasteiger partial charge in [0.05, 0.1) is 5.69 Å². The molecule has 2 heterocycles. The van der Waals surface area contributed by atoms with Gasteiger partial charge in [-0.3, -0.25) is 0 Å². The Morgan fingerprint density at radius 2 is 2.27 bits per heavy atom. The van der Waals surface area contributed by atoms with E-state index in [1.165, 1.54) is 5.69 Å². The fraction of sp³-hybridized carbons (Fsp3) is 0.182. The van der Waals surface area contributed by atoms with Crippen LogP contribution in [0, 0.1) is 0 Å². The van der Waals surface area contributed by atoms with Crippen LogP contribution in [0.3, 0.4) is 0 Å². The Kier molecular flexibility index (Phi) is 1.54. The SMILES string of the molecule is O=C(O)c1cc2c([nH]1)-c1cc[nH]c1CC2. The minimum Gasteiger partial charge on any atom is -0.477 e. The number of hydrogen-bond acceptors (Lipinski definition) is 1. The van der Waals surface area contributed by atoms with Gasteiger partial charge in [0.2, 0.25) is 0 Å². The highest BCUT2D eigenvalue weighted by Crippen LogP contribution is 2.32. The predicted molar refractivity (Wildman–Crippen MR) is 54.9 cm³/mol. The fourth-order valence-electron chi connectivity index (χ4n) is 2.15. The molecule has 4 heteroatoms. The first-order chi connectivity index (χ1) is 7.25. The average molecular weight is 202 g/mol. The van der Waals surface area contributed by atoms with Crippen LogP contribution in [0.4, 0.5) is 0 Å². The molecule has 0 bridgehead atoms. The summed E-state index contributed by atoms with van der Waals surface area (Å²) in [6, 6.07) is 3.71.